The zero-order chi connectivity index (χ0) is 2.71. The van der Waals surface area contributed by atoms with Crippen LogP contribution in [0.2, 0.25) is 0 Å². The fraction of sp³-hybridized carbons (Fsp3) is 0. The fourth-order valence-corrected chi connectivity index (χ4v) is 0. The van der Waals surface area contributed by atoms with Crippen molar-refractivity contribution in [2.75, 3.05) is 0 Å². The van der Waals surface area contributed by atoms with Crippen LogP contribution in [0.3, 0.4) is 0 Å². The molecule has 4 heteroatoms. The van der Waals surface area contributed by atoms with Gasteiger partial charge in [0.15, 0.2) is 0 Å². The molecule has 0 aliphatic carbocycles. The molecule has 3 nitrogen and oxygen atoms in total. The van der Waals surface area contributed by atoms with Crippen molar-refractivity contribution in [1.29, 1.82) is 0 Å². The number of hydrogen-bond donors (Lipinski definition) is 1. The Bertz CT molecular complexity index is 14.4. The Balaban J connectivity index is -0.0000000200. The average molecular weight is 127 g/mol. The van der Waals surface area contributed by atoms with E-state index in [0.29, 0.717) is 0 Å². The van der Waals surface area contributed by atoms with Crippen molar-refractivity contribution in [3.8, 4) is 0 Å². The van der Waals surface area contributed by atoms with Crippen LogP contribution in [-0.2, 0) is 29.7 Å². The van der Waals surface area contributed by atoms with Gasteiger partial charge in [-0.15, -0.1) is 0 Å². The molecule has 0 amide bonds. The number of carbonyl (C=O) groups is 1. The van der Waals surface area contributed by atoms with Crippen LogP contribution in [0.5, 0.6) is 0 Å². The Morgan fingerprint density at radius 2 is 1.60 bits per heavy atom. The molecular formula is CH2O3Zn. The predicted octanol–water partition coefficient (Wildman–Crippen LogP) is -0.420. The zero-order valence-corrected chi connectivity index (χ0v) is 5.52. The van der Waals surface area contributed by atoms with Crippen LogP contribution >= 0.6 is 0 Å². The Hall–Kier alpha value is 0.0534. The molecule has 0 aromatic rings. The molecule has 0 rings (SSSR count). The van der Waals surface area contributed by atoms with Gasteiger partial charge in [-0.1, -0.05) is 0 Å². The maximum atomic E-state index is 8.36. The molecular weight excluding hydrogens is 125 g/mol. The van der Waals surface area contributed by atoms with Gasteiger partial charge in [-0.25, -0.2) is 0 Å². The summed E-state index contributed by atoms with van der Waals surface area (Å²) in [5.41, 5.74) is 0. The summed E-state index contributed by atoms with van der Waals surface area (Å²) >= 11 is 0. The van der Waals surface area contributed by atoms with E-state index in [-0.39, 0.29) is 31.4 Å². The summed E-state index contributed by atoms with van der Waals surface area (Å²) in [4.78, 5) is 8.36. The molecule has 0 spiro atoms. The molecule has 0 radical (unpaired) electrons. The molecule has 26 valence electrons. The molecule has 0 unspecified atom stereocenters. The topological polar surface area (TPSA) is 65.8 Å². The molecule has 1 N–H and O–H groups in total. The fourth-order valence-electron chi connectivity index (χ4n) is 0. The van der Waals surface area contributed by atoms with Crippen molar-refractivity contribution in [2.24, 2.45) is 0 Å². The van der Waals surface area contributed by atoms with Crippen molar-refractivity contribution in [3.05, 3.63) is 0 Å². The number of hydrogen-bond acceptors (Lipinski definition) is 1. The molecule has 0 saturated carbocycles. The minimum atomic E-state index is -0.250. The Labute approximate surface area is 42.1 Å². The molecule has 0 aliphatic rings. The minimum Gasteiger partial charge on any atom is -2.00 e. The zero-order valence-electron chi connectivity index (χ0n) is 2.55. The summed E-state index contributed by atoms with van der Waals surface area (Å²) in [6, 6.07) is 0. The maximum absolute atomic E-state index is 8.36. The third-order valence-corrected chi connectivity index (χ3v) is 0. The first-order chi connectivity index (χ1) is 1.41. The molecule has 0 saturated heterocycles. The summed E-state index contributed by atoms with van der Waals surface area (Å²) in [6.07, 6.45) is 0. The van der Waals surface area contributed by atoms with Crippen LogP contribution in [0.15, 0.2) is 0 Å². The van der Waals surface area contributed by atoms with Crippen LogP contribution < -0.4 is 0 Å². The van der Waals surface area contributed by atoms with Crippen LogP contribution in [-0.4, -0.2) is 11.6 Å². The van der Waals surface area contributed by atoms with Gasteiger partial charge in [0, 0.05) is 0 Å². The van der Waals surface area contributed by atoms with Gasteiger partial charge in [-0.3, -0.25) is 4.79 Å². The molecule has 0 atom stereocenters. The van der Waals surface area contributed by atoms with Gasteiger partial charge in [0.1, 0.15) is 0 Å². The first-order valence-electron chi connectivity index (χ1n) is 0.494. The summed E-state index contributed by atoms with van der Waals surface area (Å²) in [7, 11) is 0. The molecule has 0 bridgehead atoms. The van der Waals surface area contributed by atoms with Crippen molar-refractivity contribution in [2.45, 2.75) is 0 Å². The van der Waals surface area contributed by atoms with Crippen LogP contribution in [0.25, 0.3) is 0 Å². The van der Waals surface area contributed by atoms with E-state index in [1.165, 1.54) is 0 Å². The standard InChI is InChI=1S/CH2O2.O.Zn/c2-1-3;;/h1H,(H,2,3);;/q;-2;+2. The van der Waals surface area contributed by atoms with Gasteiger partial charge < -0.3 is 10.6 Å². The van der Waals surface area contributed by atoms with E-state index >= 15 is 0 Å². The van der Waals surface area contributed by atoms with E-state index in [2.05, 4.69) is 0 Å². The molecule has 0 fully saturated rings. The van der Waals surface area contributed by atoms with E-state index in [9.17, 15) is 0 Å². The van der Waals surface area contributed by atoms with Crippen molar-refractivity contribution in [3.63, 3.8) is 0 Å². The van der Waals surface area contributed by atoms with Crippen LogP contribution in [0, 0.1) is 0 Å². The van der Waals surface area contributed by atoms with E-state index in [0.717, 1.165) is 0 Å². The second kappa shape index (κ2) is 34.1. The largest absolute Gasteiger partial charge is 2.00 e. The van der Waals surface area contributed by atoms with Gasteiger partial charge in [0.25, 0.3) is 6.47 Å². The van der Waals surface area contributed by atoms with Gasteiger partial charge in [0.05, 0.1) is 0 Å². The second-order valence-electron chi connectivity index (χ2n) is 0.105. The normalized spacial score (nSPS) is 2.40. The van der Waals surface area contributed by atoms with Crippen LogP contribution in [0.4, 0.5) is 0 Å². The Morgan fingerprint density at radius 1 is 1.60 bits per heavy atom. The smallest absolute Gasteiger partial charge is 2.00 e. The third-order valence-electron chi connectivity index (χ3n) is 0. The van der Waals surface area contributed by atoms with Gasteiger partial charge in [-0.05, 0) is 0 Å². The quantitative estimate of drug-likeness (QED) is 0.355. The first kappa shape index (κ1) is 19.7. The van der Waals surface area contributed by atoms with Gasteiger partial charge >= 0.3 is 19.5 Å². The van der Waals surface area contributed by atoms with Gasteiger partial charge in [0.2, 0.25) is 0 Å². The van der Waals surface area contributed by atoms with E-state index in [1.807, 2.05) is 0 Å². The minimum absolute atomic E-state index is 0. The van der Waals surface area contributed by atoms with E-state index in [1.54, 1.807) is 0 Å². The monoisotopic (exact) mass is 126 g/mol. The van der Waals surface area contributed by atoms with Crippen molar-refractivity contribution >= 4 is 6.47 Å². The second-order valence-corrected chi connectivity index (χ2v) is 0.105. The maximum Gasteiger partial charge on any atom is 2.00 e. The van der Waals surface area contributed by atoms with E-state index < -0.39 is 0 Å². The average Bonchev–Trinajstić information content (AvgIpc) is 0.918. The summed E-state index contributed by atoms with van der Waals surface area (Å²) in [6.45, 7) is -0.250. The molecule has 5 heavy (non-hydrogen) atoms. The summed E-state index contributed by atoms with van der Waals surface area (Å²) in [5, 5.41) is 6.89. The first-order valence-corrected chi connectivity index (χ1v) is 0.494. The number of carboxylic acid groups (broad SMARTS) is 1. The van der Waals surface area contributed by atoms with E-state index in [4.69, 9.17) is 9.90 Å². The molecule has 0 aromatic carbocycles. The SMILES string of the molecule is O=CO.[O-2].[Zn+2]. The third kappa shape index (κ3) is 6000. The van der Waals surface area contributed by atoms with Crippen LogP contribution in [0.1, 0.15) is 0 Å². The molecule has 0 aliphatic heterocycles. The molecule has 0 heterocycles. The predicted molar refractivity (Wildman–Crippen MR) is 9.38 cm³/mol. The van der Waals surface area contributed by atoms with Crippen molar-refractivity contribution < 1.29 is 34.9 Å². The Morgan fingerprint density at radius 3 is 1.60 bits per heavy atom. The summed E-state index contributed by atoms with van der Waals surface area (Å²) in [5.74, 6) is 0. The number of rotatable bonds is 0. The van der Waals surface area contributed by atoms with Gasteiger partial charge in [-0.2, -0.15) is 0 Å². The van der Waals surface area contributed by atoms with Crippen molar-refractivity contribution in [1.82, 2.24) is 0 Å². The Kier molecular flexibility index (Phi) is 134. The summed E-state index contributed by atoms with van der Waals surface area (Å²) < 4.78 is 0. The molecule has 0 aromatic heterocycles.